The molecule has 0 radical (unpaired) electrons. The number of aromatic nitrogens is 5. The van der Waals surface area contributed by atoms with Gasteiger partial charge >= 0.3 is 0 Å². The lowest BCUT2D eigenvalue weighted by atomic mass is 10.3. The number of aliphatic imine (C=N–C) groups is 1. The van der Waals surface area contributed by atoms with Gasteiger partial charge in [0.05, 0.1) is 0 Å². The molecular weight excluding hydrogens is 604 g/mol. The number of hydrogen-bond acceptors (Lipinski definition) is 10. The fourth-order valence-corrected chi connectivity index (χ4v) is 3.59. The van der Waals surface area contributed by atoms with Crippen molar-refractivity contribution in [1.82, 2.24) is 25.1 Å². The van der Waals surface area contributed by atoms with E-state index in [9.17, 15) is 4.79 Å². The van der Waals surface area contributed by atoms with Crippen LogP contribution in [0, 0.1) is 0 Å². The van der Waals surface area contributed by atoms with Crippen molar-refractivity contribution in [3.8, 4) is 11.5 Å². The van der Waals surface area contributed by atoms with E-state index < -0.39 is 0 Å². The van der Waals surface area contributed by atoms with Crippen molar-refractivity contribution in [3.05, 3.63) is 51.3 Å². The molecule has 0 saturated heterocycles. The standard InChI is InChI=1S/C9H9BrN2OS2.C8H7BrN4S.H4N2.H2O/c1-14-9(15-2)12-8(13)7-4-3-6(10)5-11-7;1-14-8-11-7(12-13-8)6-3-2-5(9)4-10-6;1-2;/h3-5H,1-2H3;2-4H,1H3,(H,11,12,13);1-2H2;1H2. The molecular formula is C17H22Br2N8O2S3. The van der Waals surface area contributed by atoms with Gasteiger partial charge in [0.1, 0.15) is 15.8 Å². The largest absolute Gasteiger partial charge is 0.412 e. The molecule has 3 rings (SSSR count). The van der Waals surface area contributed by atoms with Gasteiger partial charge in [0.2, 0.25) is 5.16 Å². The van der Waals surface area contributed by atoms with E-state index in [1.165, 1.54) is 35.3 Å². The third-order valence-electron chi connectivity index (χ3n) is 3.11. The zero-order valence-electron chi connectivity index (χ0n) is 17.2. The normalized spacial score (nSPS) is 9.34. The summed E-state index contributed by atoms with van der Waals surface area (Å²) in [5, 5.41) is 7.57. The molecule has 3 aromatic heterocycles. The third-order valence-corrected chi connectivity index (χ3v) is 6.47. The van der Waals surface area contributed by atoms with Crippen LogP contribution >= 0.6 is 67.1 Å². The van der Waals surface area contributed by atoms with E-state index in [1.54, 1.807) is 24.5 Å². The molecule has 0 aromatic carbocycles. The van der Waals surface area contributed by atoms with E-state index in [0.717, 1.165) is 24.2 Å². The lowest BCUT2D eigenvalue weighted by Gasteiger charge is -1.98. The van der Waals surface area contributed by atoms with Crippen molar-refractivity contribution in [1.29, 1.82) is 0 Å². The Kier molecular flexibility index (Phi) is 16.5. The van der Waals surface area contributed by atoms with Crippen molar-refractivity contribution in [2.75, 3.05) is 18.8 Å². The van der Waals surface area contributed by atoms with Crippen LogP contribution in [0.2, 0.25) is 0 Å². The number of H-pyrrole nitrogens is 1. The van der Waals surface area contributed by atoms with Crippen LogP contribution in [0.1, 0.15) is 10.5 Å². The number of aromatic amines is 1. The number of nitrogens with two attached hydrogens (primary N) is 2. The Morgan fingerprint density at radius 1 is 1.00 bits per heavy atom. The molecule has 15 heteroatoms. The van der Waals surface area contributed by atoms with E-state index in [1.807, 2.05) is 30.9 Å². The molecule has 0 spiro atoms. The molecule has 0 aliphatic heterocycles. The van der Waals surface area contributed by atoms with Crippen LogP contribution in [0.15, 0.2) is 55.8 Å². The summed E-state index contributed by atoms with van der Waals surface area (Å²) in [6, 6.07) is 7.22. The molecule has 0 unspecified atom stereocenters. The molecule has 0 aliphatic rings. The van der Waals surface area contributed by atoms with Crippen LogP contribution in [0.5, 0.6) is 0 Å². The van der Waals surface area contributed by atoms with Crippen LogP contribution < -0.4 is 11.7 Å². The average molecular weight is 626 g/mol. The van der Waals surface area contributed by atoms with E-state index in [-0.39, 0.29) is 11.4 Å². The molecule has 174 valence electrons. The number of rotatable bonds is 3. The number of nitrogens with zero attached hydrogens (tertiary/aromatic N) is 5. The van der Waals surface area contributed by atoms with Gasteiger partial charge < -0.3 is 5.48 Å². The van der Waals surface area contributed by atoms with E-state index in [0.29, 0.717) is 11.5 Å². The first-order valence-electron chi connectivity index (χ1n) is 8.21. The summed E-state index contributed by atoms with van der Waals surface area (Å²) in [5.41, 5.74) is 1.15. The van der Waals surface area contributed by atoms with E-state index in [4.69, 9.17) is 0 Å². The first kappa shape index (κ1) is 30.7. The second kappa shape index (κ2) is 17.2. The average Bonchev–Trinajstić information content (AvgIpc) is 3.29. The summed E-state index contributed by atoms with van der Waals surface area (Å²) >= 11 is 11.0. The summed E-state index contributed by atoms with van der Waals surface area (Å²) in [6.07, 6.45) is 9.02. The molecule has 10 nitrogen and oxygen atoms in total. The van der Waals surface area contributed by atoms with Crippen LogP contribution in [-0.2, 0) is 0 Å². The smallest absolute Gasteiger partial charge is 0.297 e. The van der Waals surface area contributed by atoms with Crippen molar-refractivity contribution >= 4 is 77.4 Å². The van der Waals surface area contributed by atoms with Gasteiger partial charge in [-0.3, -0.25) is 26.6 Å². The highest BCUT2D eigenvalue weighted by molar-refractivity contribution is 9.10. The molecule has 1 amide bonds. The Balaban J connectivity index is 0.000000542. The predicted octanol–water partition coefficient (Wildman–Crippen LogP) is 3.41. The van der Waals surface area contributed by atoms with Crippen molar-refractivity contribution in [2.45, 2.75) is 5.16 Å². The van der Waals surface area contributed by atoms with Gasteiger partial charge in [-0.2, -0.15) is 9.98 Å². The number of hydrazine groups is 1. The Bertz CT molecular complexity index is 967. The zero-order chi connectivity index (χ0) is 23.2. The lowest BCUT2D eigenvalue weighted by Crippen LogP contribution is -2.02. The van der Waals surface area contributed by atoms with Crippen LogP contribution in [0.4, 0.5) is 0 Å². The third kappa shape index (κ3) is 10.5. The van der Waals surface area contributed by atoms with Crippen LogP contribution in [-0.4, -0.2) is 59.7 Å². The van der Waals surface area contributed by atoms with E-state index in [2.05, 4.69) is 73.7 Å². The van der Waals surface area contributed by atoms with Gasteiger partial charge in [-0.15, -0.1) is 28.6 Å². The highest BCUT2D eigenvalue weighted by Crippen LogP contribution is 2.17. The van der Waals surface area contributed by atoms with Gasteiger partial charge in [-0.1, -0.05) is 11.8 Å². The molecule has 0 bridgehead atoms. The quantitative estimate of drug-likeness (QED) is 0.128. The minimum atomic E-state index is -0.304. The number of thioether (sulfide) groups is 3. The number of hydrogen-bond donors (Lipinski definition) is 3. The van der Waals surface area contributed by atoms with Gasteiger partial charge in [0, 0.05) is 21.3 Å². The Morgan fingerprint density at radius 2 is 1.59 bits per heavy atom. The molecule has 32 heavy (non-hydrogen) atoms. The first-order chi connectivity index (χ1) is 15.0. The highest BCUT2D eigenvalue weighted by Gasteiger charge is 2.07. The lowest BCUT2D eigenvalue weighted by molar-refractivity contribution is 0.0999. The van der Waals surface area contributed by atoms with Crippen molar-refractivity contribution in [3.63, 3.8) is 0 Å². The number of pyridine rings is 2. The van der Waals surface area contributed by atoms with Gasteiger partial charge in [0.25, 0.3) is 5.91 Å². The van der Waals surface area contributed by atoms with Crippen LogP contribution in [0.3, 0.4) is 0 Å². The summed E-state index contributed by atoms with van der Waals surface area (Å²) in [5.74, 6) is 8.39. The monoisotopic (exact) mass is 624 g/mol. The summed E-state index contributed by atoms with van der Waals surface area (Å²) in [6.45, 7) is 0. The Hall–Kier alpha value is -1.33. The van der Waals surface area contributed by atoms with Crippen LogP contribution in [0.25, 0.3) is 11.5 Å². The maximum Gasteiger partial charge on any atom is 0.297 e. The molecule has 0 fully saturated rings. The van der Waals surface area contributed by atoms with Gasteiger partial charge in [0.15, 0.2) is 5.82 Å². The summed E-state index contributed by atoms with van der Waals surface area (Å²) in [4.78, 5) is 28.0. The summed E-state index contributed by atoms with van der Waals surface area (Å²) < 4.78 is 2.54. The fourth-order valence-electron chi connectivity index (χ4n) is 1.79. The Morgan fingerprint density at radius 3 is 2.03 bits per heavy atom. The molecule has 3 aromatic rings. The SMILES string of the molecule is CSC(=NC(=O)c1ccc(Br)cn1)SC.CSc1n[nH]c(-c2ccc(Br)cn2)n1.NN.O. The molecule has 0 aliphatic carbocycles. The first-order valence-corrected chi connectivity index (χ1v) is 13.5. The predicted molar refractivity (Wildman–Crippen MR) is 142 cm³/mol. The van der Waals surface area contributed by atoms with Crippen molar-refractivity contribution < 1.29 is 10.3 Å². The molecule has 3 heterocycles. The molecule has 0 atom stereocenters. The second-order valence-corrected chi connectivity index (χ2v) is 9.44. The topological polar surface area (TPSA) is 180 Å². The summed E-state index contributed by atoms with van der Waals surface area (Å²) in [7, 11) is 0. The van der Waals surface area contributed by atoms with E-state index >= 15 is 0 Å². The zero-order valence-corrected chi connectivity index (χ0v) is 22.9. The number of carbonyl (C=O) groups excluding carboxylic acids is 1. The maximum atomic E-state index is 11.6. The number of halogens is 2. The maximum absolute atomic E-state index is 11.6. The Labute approximate surface area is 215 Å². The van der Waals surface area contributed by atoms with Crippen molar-refractivity contribution in [2.24, 2.45) is 16.7 Å². The van der Waals surface area contributed by atoms with Gasteiger partial charge in [-0.05, 0) is 74.9 Å². The minimum Gasteiger partial charge on any atom is -0.412 e. The highest BCUT2D eigenvalue weighted by atomic mass is 79.9. The minimum absolute atomic E-state index is 0. The number of nitrogens with one attached hydrogen (secondary N) is 1. The second-order valence-electron chi connectivity index (χ2n) is 4.99. The number of carbonyl (C=O) groups is 1. The number of amides is 1. The fraction of sp³-hybridized carbons (Fsp3) is 0.176. The van der Waals surface area contributed by atoms with Gasteiger partial charge in [-0.25, -0.2) is 4.98 Å². The molecule has 0 saturated carbocycles. The molecule has 7 N–H and O–H groups in total.